The number of rotatable bonds is 2. The molecule has 98 valence electrons. The molecule has 0 amide bonds. The Morgan fingerprint density at radius 1 is 1.05 bits per heavy atom. The number of phenolic OH excluding ortho intramolecular Hbond substituents is 1. The van der Waals surface area contributed by atoms with Gasteiger partial charge in [0.2, 0.25) is 0 Å². The molecule has 0 bridgehead atoms. The number of anilines is 1. The molecule has 1 aliphatic rings. The van der Waals surface area contributed by atoms with Gasteiger partial charge in [0, 0.05) is 35.6 Å². The molecule has 0 aliphatic carbocycles. The van der Waals surface area contributed by atoms with Crippen LogP contribution in [-0.2, 0) is 0 Å². The topological polar surface area (TPSA) is 52.9 Å². The number of nitrogens with zero attached hydrogens (tertiary/aromatic N) is 2. The zero-order valence-corrected chi connectivity index (χ0v) is 10.7. The lowest BCUT2D eigenvalue weighted by atomic mass is 10.0. The van der Waals surface area contributed by atoms with Crippen molar-refractivity contribution >= 4 is 22.1 Å². The number of hydrogen-bond donors (Lipinski definition) is 1. The van der Waals surface area contributed by atoms with Crippen LogP contribution in [0.15, 0.2) is 35.5 Å². The summed E-state index contributed by atoms with van der Waals surface area (Å²) in [5, 5.41) is 14.7. The van der Waals surface area contributed by atoms with Gasteiger partial charge in [-0.05, 0) is 24.4 Å². The average molecular weight is 256 g/mol. The van der Waals surface area contributed by atoms with Gasteiger partial charge in [0.05, 0.1) is 0 Å². The fourth-order valence-electron chi connectivity index (χ4n) is 2.82. The molecule has 1 aliphatic heterocycles. The number of fused-ring (bicyclic) bond motifs is 1. The first-order valence-electron chi connectivity index (χ1n) is 6.64. The molecule has 4 nitrogen and oxygen atoms in total. The van der Waals surface area contributed by atoms with Crippen LogP contribution in [0.1, 0.15) is 19.3 Å². The van der Waals surface area contributed by atoms with Gasteiger partial charge in [-0.1, -0.05) is 24.3 Å². The van der Waals surface area contributed by atoms with E-state index in [2.05, 4.69) is 10.1 Å². The second-order valence-corrected chi connectivity index (χ2v) is 4.95. The summed E-state index contributed by atoms with van der Waals surface area (Å²) in [6.45, 7) is 1.99. The highest BCUT2D eigenvalue weighted by atomic mass is 16.3. The Labute approximate surface area is 111 Å². The van der Waals surface area contributed by atoms with Crippen molar-refractivity contribution in [3.63, 3.8) is 0 Å². The summed E-state index contributed by atoms with van der Waals surface area (Å²) in [7, 11) is 0. The van der Waals surface area contributed by atoms with Crippen LogP contribution in [0.2, 0.25) is 0 Å². The molecule has 2 aromatic rings. The maximum Gasteiger partial charge on any atom is 0.157 e. The minimum absolute atomic E-state index is 0.0331. The van der Waals surface area contributed by atoms with Crippen LogP contribution in [-0.4, -0.2) is 18.2 Å². The van der Waals surface area contributed by atoms with E-state index >= 15 is 0 Å². The van der Waals surface area contributed by atoms with E-state index in [1.165, 1.54) is 19.3 Å². The Kier molecular flexibility index (Phi) is 3.07. The molecule has 1 fully saturated rings. The Morgan fingerprint density at radius 3 is 2.42 bits per heavy atom. The van der Waals surface area contributed by atoms with E-state index in [1.807, 2.05) is 24.3 Å². The Balaban J connectivity index is 2.21. The van der Waals surface area contributed by atoms with Crippen LogP contribution in [0, 0.1) is 4.91 Å². The van der Waals surface area contributed by atoms with Crippen molar-refractivity contribution < 1.29 is 5.11 Å². The molecular formula is C15H16N2O2. The number of phenols is 1. The summed E-state index contributed by atoms with van der Waals surface area (Å²) in [6, 6.07) is 9.29. The van der Waals surface area contributed by atoms with Crippen molar-refractivity contribution in [1.29, 1.82) is 0 Å². The van der Waals surface area contributed by atoms with Gasteiger partial charge in [-0.3, -0.25) is 0 Å². The Hall–Kier alpha value is -2.10. The third-order valence-corrected chi connectivity index (χ3v) is 3.76. The van der Waals surface area contributed by atoms with E-state index < -0.39 is 0 Å². The van der Waals surface area contributed by atoms with Gasteiger partial charge in [0.1, 0.15) is 5.75 Å². The number of nitroso groups, excluding NO2 is 1. The van der Waals surface area contributed by atoms with Gasteiger partial charge in [0.25, 0.3) is 0 Å². The maximum absolute atomic E-state index is 10.9. The second-order valence-electron chi connectivity index (χ2n) is 4.95. The fourth-order valence-corrected chi connectivity index (χ4v) is 2.82. The van der Waals surface area contributed by atoms with Crippen molar-refractivity contribution in [3.05, 3.63) is 35.2 Å². The lowest BCUT2D eigenvalue weighted by Gasteiger charge is -2.30. The first kappa shape index (κ1) is 12.0. The molecule has 0 radical (unpaired) electrons. The predicted octanol–water partition coefficient (Wildman–Crippen LogP) is 3.93. The summed E-state index contributed by atoms with van der Waals surface area (Å²) in [4.78, 5) is 13.2. The molecule has 3 rings (SSSR count). The van der Waals surface area contributed by atoms with E-state index in [0.717, 1.165) is 29.5 Å². The molecule has 0 saturated carbocycles. The molecule has 0 aromatic heterocycles. The Morgan fingerprint density at radius 2 is 1.74 bits per heavy atom. The SMILES string of the molecule is O=Nc1c(O)cc(N2CCCCC2)c2ccccc12. The highest BCUT2D eigenvalue weighted by molar-refractivity contribution is 6.03. The fraction of sp³-hybridized carbons (Fsp3) is 0.333. The molecule has 0 unspecified atom stereocenters. The van der Waals surface area contributed by atoms with Crippen LogP contribution in [0.4, 0.5) is 11.4 Å². The van der Waals surface area contributed by atoms with Crippen molar-refractivity contribution in [2.24, 2.45) is 5.18 Å². The quantitative estimate of drug-likeness (QED) is 0.828. The first-order valence-corrected chi connectivity index (χ1v) is 6.64. The molecular weight excluding hydrogens is 240 g/mol. The zero-order chi connectivity index (χ0) is 13.2. The molecule has 1 saturated heterocycles. The summed E-state index contributed by atoms with van der Waals surface area (Å²) >= 11 is 0. The molecule has 0 spiro atoms. The van der Waals surface area contributed by atoms with E-state index in [-0.39, 0.29) is 11.4 Å². The number of hydrogen-bond acceptors (Lipinski definition) is 4. The predicted molar refractivity (Wildman–Crippen MR) is 77.1 cm³/mol. The summed E-state index contributed by atoms with van der Waals surface area (Å²) < 4.78 is 0. The number of aromatic hydroxyl groups is 1. The lowest BCUT2D eigenvalue weighted by Crippen LogP contribution is -2.29. The van der Waals surface area contributed by atoms with Crippen molar-refractivity contribution in [2.75, 3.05) is 18.0 Å². The number of benzene rings is 2. The van der Waals surface area contributed by atoms with Crippen LogP contribution < -0.4 is 4.90 Å². The van der Waals surface area contributed by atoms with Crippen LogP contribution in [0.5, 0.6) is 5.75 Å². The Bertz CT molecular complexity index is 619. The van der Waals surface area contributed by atoms with Gasteiger partial charge in [0.15, 0.2) is 5.69 Å². The van der Waals surface area contributed by atoms with E-state index in [4.69, 9.17) is 0 Å². The normalized spacial score (nSPS) is 15.7. The lowest BCUT2D eigenvalue weighted by molar-refractivity contribution is 0.477. The average Bonchev–Trinajstić information content (AvgIpc) is 2.47. The van der Waals surface area contributed by atoms with Crippen molar-refractivity contribution in [1.82, 2.24) is 0 Å². The van der Waals surface area contributed by atoms with Gasteiger partial charge in [-0.25, -0.2) is 0 Å². The van der Waals surface area contributed by atoms with Crippen LogP contribution in [0.3, 0.4) is 0 Å². The van der Waals surface area contributed by atoms with E-state index in [1.54, 1.807) is 6.07 Å². The second kappa shape index (κ2) is 4.88. The van der Waals surface area contributed by atoms with Crippen LogP contribution >= 0.6 is 0 Å². The summed E-state index contributed by atoms with van der Waals surface area (Å²) in [5.74, 6) is -0.0331. The van der Waals surface area contributed by atoms with Crippen molar-refractivity contribution in [3.8, 4) is 5.75 Å². The first-order chi connectivity index (χ1) is 9.31. The van der Waals surface area contributed by atoms with Gasteiger partial charge >= 0.3 is 0 Å². The summed E-state index contributed by atoms with van der Waals surface area (Å²) in [6.07, 6.45) is 3.60. The minimum Gasteiger partial charge on any atom is -0.505 e. The minimum atomic E-state index is -0.0331. The van der Waals surface area contributed by atoms with E-state index in [0.29, 0.717) is 0 Å². The standard InChI is InChI=1S/C15H16N2O2/c18-14-10-13(17-8-4-1-5-9-17)11-6-2-3-7-12(11)15(14)16-19/h2-3,6-7,10,18H,1,4-5,8-9H2. The molecule has 19 heavy (non-hydrogen) atoms. The third-order valence-electron chi connectivity index (χ3n) is 3.76. The summed E-state index contributed by atoms with van der Waals surface area (Å²) in [5.41, 5.74) is 1.14. The van der Waals surface area contributed by atoms with Crippen LogP contribution in [0.25, 0.3) is 10.8 Å². The molecule has 1 N–H and O–H groups in total. The maximum atomic E-state index is 10.9. The molecule has 0 atom stereocenters. The third kappa shape index (κ3) is 2.03. The molecule has 1 heterocycles. The number of piperidine rings is 1. The monoisotopic (exact) mass is 256 g/mol. The van der Waals surface area contributed by atoms with Crippen molar-refractivity contribution in [2.45, 2.75) is 19.3 Å². The van der Waals surface area contributed by atoms with Gasteiger partial charge in [-0.2, -0.15) is 0 Å². The molecule has 4 heteroatoms. The largest absolute Gasteiger partial charge is 0.505 e. The zero-order valence-electron chi connectivity index (χ0n) is 10.7. The highest BCUT2D eigenvalue weighted by Crippen LogP contribution is 2.41. The smallest absolute Gasteiger partial charge is 0.157 e. The van der Waals surface area contributed by atoms with Gasteiger partial charge < -0.3 is 10.0 Å². The van der Waals surface area contributed by atoms with Gasteiger partial charge in [-0.15, -0.1) is 4.91 Å². The van der Waals surface area contributed by atoms with E-state index in [9.17, 15) is 10.0 Å². The molecule has 2 aromatic carbocycles. The highest BCUT2D eigenvalue weighted by Gasteiger charge is 2.18.